The second kappa shape index (κ2) is 12.7. The van der Waals surface area contributed by atoms with Crippen LogP contribution in [0.3, 0.4) is 0 Å². The largest absolute Gasteiger partial charge is 0.503 e. The minimum absolute atomic E-state index is 0.0671. The van der Waals surface area contributed by atoms with E-state index < -0.39 is 5.54 Å². The highest BCUT2D eigenvalue weighted by atomic mass is 16.5. The maximum atomic E-state index is 10.4. The monoisotopic (exact) mass is 615 g/mol. The topological polar surface area (TPSA) is 86.0 Å². The molecule has 0 fully saturated rings. The van der Waals surface area contributed by atoms with Gasteiger partial charge in [0.1, 0.15) is 6.61 Å². The molecule has 5 aromatic carbocycles. The summed E-state index contributed by atoms with van der Waals surface area (Å²) in [4.78, 5) is 6.03. The quantitative estimate of drug-likeness (QED) is 0.165. The van der Waals surface area contributed by atoms with Crippen LogP contribution in [-0.4, -0.2) is 30.3 Å². The summed E-state index contributed by atoms with van der Waals surface area (Å²) in [5.41, 5.74) is 7.41. The Kier molecular flexibility index (Phi) is 8.02. The molecule has 7 rings (SSSR count). The molecule has 7 heteroatoms. The van der Waals surface area contributed by atoms with Gasteiger partial charge in [0.2, 0.25) is 5.82 Å². The van der Waals surface area contributed by atoms with E-state index in [1.54, 1.807) is 17.8 Å². The van der Waals surface area contributed by atoms with Crippen LogP contribution >= 0.6 is 0 Å². The first-order valence-corrected chi connectivity index (χ1v) is 15.5. The van der Waals surface area contributed by atoms with Crippen LogP contribution in [0.2, 0.25) is 0 Å². The van der Waals surface area contributed by atoms with E-state index in [1.165, 1.54) is 0 Å². The van der Waals surface area contributed by atoms with Crippen LogP contribution in [0.5, 0.6) is 11.5 Å². The first-order valence-electron chi connectivity index (χ1n) is 15.5. The number of aryl methyl sites for hydroxylation is 2. The number of rotatable bonds is 9. The summed E-state index contributed by atoms with van der Waals surface area (Å²) >= 11 is 0. The Morgan fingerprint density at radius 3 is 1.77 bits per heavy atom. The molecule has 2 heterocycles. The summed E-state index contributed by atoms with van der Waals surface area (Å²) in [6.07, 6.45) is 0. The van der Waals surface area contributed by atoms with Gasteiger partial charge in [0.25, 0.3) is 0 Å². The number of aromatic nitrogens is 5. The number of pyridine rings is 1. The molecule has 0 bridgehead atoms. The number of tetrazole rings is 1. The summed E-state index contributed by atoms with van der Waals surface area (Å²) in [5, 5.41) is 24.9. The normalized spacial score (nSPS) is 11.4. The van der Waals surface area contributed by atoms with Gasteiger partial charge in [-0.05, 0) is 52.4 Å². The average molecular weight is 616 g/mol. The SMILES string of the molecule is Cc1cc(OCc2ccc(-c3ccccc3-c3nnn(C(c4ccccc4)(c4ccccc4)c4ccccc4)n3)cc2)c(O)c(C)n1. The van der Waals surface area contributed by atoms with Crippen molar-refractivity contribution in [1.82, 2.24) is 25.2 Å². The summed E-state index contributed by atoms with van der Waals surface area (Å²) in [5.74, 6) is 1.02. The van der Waals surface area contributed by atoms with Crippen LogP contribution in [0.25, 0.3) is 22.5 Å². The first-order chi connectivity index (χ1) is 23.0. The number of ether oxygens (including phenoxy) is 1. The third kappa shape index (κ3) is 5.64. The highest BCUT2D eigenvalue weighted by Gasteiger charge is 2.41. The van der Waals surface area contributed by atoms with Crippen molar-refractivity contribution in [2.75, 3.05) is 0 Å². The molecule has 7 aromatic rings. The van der Waals surface area contributed by atoms with Crippen LogP contribution in [0.4, 0.5) is 0 Å². The predicted octanol–water partition coefficient (Wildman–Crippen LogP) is 8.14. The van der Waals surface area contributed by atoms with Crippen LogP contribution in [-0.2, 0) is 12.1 Å². The number of benzene rings is 5. The molecule has 0 amide bonds. The van der Waals surface area contributed by atoms with Crippen molar-refractivity contribution in [3.63, 3.8) is 0 Å². The van der Waals surface area contributed by atoms with E-state index in [2.05, 4.69) is 64.7 Å². The van der Waals surface area contributed by atoms with Gasteiger partial charge in [-0.25, -0.2) is 0 Å². The van der Waals surface area contributed by atoms with Crippen molar-refractivity contribution >= 4 is 0 Å². The maximum absolute atomic E-state index is 10.4. The third-order valence-corrected chi connectivity index (χ3v) is 8.38. The Morgan fingerprint density at radius 2 is 1.19 bits per heavy atom. The fourth-order valence-corrected chi connectivity index (χ4v) is 6.12. The van der Waals surface area contributed by atoms with Crippen molar-refractivity contribution in [2.45, 2.75) is 26.0 Å². The van der Waals surface area contributed by atoms with Gasteiger partial charge in [-0.2, -0.15) is 0 Å². The van der Waals surface area contributed by atoms with Gasteiger partial charge in [0, 0.05) is 17.3 Å². The molecule has 0 radical (unpaired) electrons. The number of nitrogens with zero attached hydrogens (tertiary/aromatic N) is 5. The van der Waals surface area contributed by atoms with Gasteiger partial charge in [0.05, 0.1) is 5.69 Å². The molecule has 0 atom stereocenters. The molecular formula is C40H33N5O2. The minimum Gasteiger partial charge on any atom is -0.503 e. The molecule has 47 heavy (non-hydrogen) atoms. The van der Waals surface area contributed by atoms with Crippen molar-refractivity contribution in [1.29, 1.82) is 0 Å². The molecule has 0 saturated heterocycles. The molecule has 7 nitrogen and oxygen atoms in total. The molecule has 230 valence electrons. The van der Waals surface area contributed by atoms with Crippen molar-refractivity contribution in [3.05, 3.63) is 179 Å². The van der Waals surface area contributed by atoms with E-state index in [-0.39, 0.29) is 5.75 Å². The van der Waals surface area contributed by atoms with Crippen LogP contribution in [0.15, 0.2) is 146 Å². The molecule has 2 aromatic heterocycles. The highest BCUT2D eigenvalue weighted by Crippen LogP contribution is 2.40. The molecule has 0 unspecified atom stereocenters. The lowest BCUT2D eigenvalue weighted by Gasteiger charge is -2.34. The summed E-state index contributed by atoms with van der Waals surface area (Å²) < 4.78 is 5.95. The van der Waals surface area contributed by atoms with Gasteiger partial charge in [0.15, 0.2) is 17.0 Å². The van der Waals surface area contributed by atoms with Crippen molar-refractivity contribution < 1.29 is 9.84 Å². The Balaban J connectivity index is 1.26. The van der Waals surface area contributed by atoms with E-state index in [1.807, 2.05) is 91.9 Å². The van der Waals surface area contributed by atoms with Gasteiger partial charge in [-0.3, -0.25) is 4.98 Å². The van der Waals surface area contributed by atoms with Crippen LogP contribution < -0.4 is 4.74 Å². The predicted molar refractivity (Wildman–Crippen MR) is 183 cm³/mol. The van der Waals surface area contributed by atoms with Crippen LogP contribution in [0.1, 0.15) is 33.6 Å². The number of aromatic hydroxyl groups is 1. The van der Waals surface area contributed by atoms with Crippen LogP contribution in [0, 0.1) is 13.8 Å². The molecule has 0 spiro atoms. The lowest BCUT2D eigenvalue weighted by Crippen LogP contribution is -2.39. The fraction of sp³-hybridized carbons (Fsp3) is 0.100. The molecule has 0 aliphatic heterocycles. The summed E-state index contributed by atoms with van der Waals surface area (Å²) in [6.45, 7) is 3.96. The summed E-state index contributed by atoms with van der Waals surface area (Å²) in [6, 6.07) is 49.0. The van der Waals surface area contributed by atoms with E-state index in [0.29, 0.717) is 23.9 Å². The fourth-order valence-electron chi connectivity index (χ4n) is 6.12. The second-order valence-electron chi connectivity index (χ2n) is 11.4. The second-order valence-corrected chi connectivity index (χ2v) is 11.4. The lowest BCUT2D eigenvalue weighted by molar-refractivity contribution is 0.287. The zero-order valence-corrected chi connectivity index (χ0v) is 26.2. The maximum Gasteiger partial charge on any atom is 0.205 e. The van der Waals surface area contributed by atoms with Crippen molar-refractivity contribution in [2.24, 2.45) is 0 Å². The molecule has 0 aliphatic carbocycles. The van der Waals surface area contributed by atoms with Gasteiger partial charge in [-0.1, -0.05) is 140 Å². The Hall–Kier alpha value is -6.08. The van der Waals surface area contributed by atoms with E-state index in [4.69, 9.17) is 15.0 Å². The van der Waals surface area contributed by atoms with Gasteiger partial charge >= 0.3 is 0 Å². The average Bonchev–Trinajstić information content (AvgIpc) is 3.62. The lowest BCUT2D eigenvalue weighted by atomic mass is 9.77. The molecule has 0 saturated carbocycles. The highest BCUT2D eigenvalue weighted by molar-refractivity contribution is 5.80. The molecule has 1 N–H and O–H groups in total. The van der Waals surface area contributed by atoms with E-state index in [0.717, 1.165) is 44.6 Å². The zero-order chi connectivity index (χ0) is 32.2. The van der Waals surface area contributed by atoms with Crippen molar-refractivity contribution in [3.8, 4) is 34.0 Å². The van der Waals surface area contributed by atoms with Gasteiger partial charge < -0.3 is 9.84 Å². The zero-order valence-electron chi connectivity index (χ0n) is 26.2. The molecular weight excluding hydrogens is 582 g/mol. The number of hydrogen-bond acceptors (Lipinski definition) is 6. The minimum atomic E-state index is -0.855. The number of hydrogen-bond donors (Lipinski definition) is 1. The standard InChI is InChI=1S/C40H33N5O2/c1-28-26-37(38(46)29(2)41-28)47-27-30-22-24-31(25-23-30)35-20-12-13-21-36(35)39-42-44-45(43-39)40(32-14-6-3-7-15-32,33-16-8-4-9-17-33)34-18-10-5-11-19-34/h3-26,46H,27H2,1-2H3. The Morgan fingerprint density at radius 1 is 0.660 bits per heavy atom. The Bertz CT molecular complexity index is 2020. The van der Waals surface area contributed by atoms with E-state index in [9.17, 15) is 5.11 Å². The smallest absolute Gasteiger partial charge is 0.205 e. The van der Waals surface area contributed by atoms with Gasteiger partial charge in [-0.15, -0.1) is 15.0 Å². The molecule has 0 aliphatic rings. The summed E-state index contributed by atoms with van der Waals surface area (Å²) in [7, 11) is 0. The Labute approximate surface area is 273 Å². The first kappa shape index (κ1) is 29.6. The van der Waals surface area contributed by atoms with E-state index >= 15 is 0 Å². The third-order valence-electron chi connectivity index (χ3n) is 8.38.